The summed E-state index contributed by atoms with van der Waals surface area (Å²) in [6.45, 7) is 4.02. The van der Waals surface area contributed by atoms with Crippen LogP contribution in [0.2, 0.25) is 0 Å². The van der Waals surface area contributed by atoms with Crippen molar-refractivity contribution in [1.29, 1.82) is 0 Å². The molecule has 6 nitrogen and oxygen atoms in total. The van der Waals surface area contributed by atoms with Crippen LogP contribution in [0.15, 0.2) is 18.2 Å². The molecule has 6 heteroatoms. The predicted molar refractivity (Wildman–Crippen MR) is 95.0 cm³/mol. The Morgan fingerprint density at radius 1 is 1.20 bits per heavy atom. The van der Waals surface area contributed by atoms with Gasteiger partial charge in [-0.15, -0.1) is 0 Å². The number of nitrogens with zero attached hydrogens (tertiary/aromatic N) is 2. The van der Waals surface area contributed by atoms with Gasteiger partial charge in [0.2, 0.25) is 0 Å². The molecule has 136 valence electrons. The maximum Gasteiger partial charge on any atom is 0.317 e. The van der Waals surface area contributed by atoms with Gasteiger partial charge in [-0.25, -0.2) is 4.79 Å². The van der Waals surface area contributed by atoms with E-state index in [0.717, 1.165) is 30.0 Å². The SMILES string of the molecule is CN(Cc1ccc2c(c1)OCCO2)C(=O)NC1CCN2CCCCC12. The van der Waals surface area contributed by atoms with Crippen LogP contribution >= 0.6 is 0 Å². The Bertz CT molecular complexity index is 636. The van der Waals surface area contributed by atoms with E-state index in [2.05, 4.69) is 10.2 Å². The number of amides is 2. The highest BCUT2D eigenvalue weighted by Gasteiger charge is 2.36. The molecular weight excluding hydrogens is 318 g/mol. The van der Waals surface area contributed by atoms with Gasteiger partial charge in [0, 0.05) is 32.2 Å². The third-order valence-corrected chi connectivity index (χ3v) is 5.54. The van der Waals surface area contributed by atoms with Gasteiger partial charge < -0.3 is 19.7 Å². The number of fused-ring (bicyclic) bond motifs is 2. The van der Waals surface area contributed by atoms with Crippen molar-refractivity contribution in [3.8, 4) is 11.5 Å². The Morgan fingerprint density at radius 2 is 2.04 bits per heavy atom. The van der Waals surface area contributed by atoms with Crippen LogP contribution in [0.1, 0.15) is 31.2 Å². The van der Waals surface area contributed by atoms with Gasteiger partial charge in [-0.2, -0.15) is 0 Å². The molecule has 0 saturated carbocycles. The minimum absolute atomic E-state index is 0.00677. The van der Waals surface area contributed by atoms with Crippen LogP contribution in [-0.2, 0) is 6.54 Å². The van der Waals surface area contributed by atoms with Crippen molar-refractivity contribution < 1.29 is 14.3 Å². The summed E-state index contributed by atoms with van der Waals surface area (Å²) < 4.78 is 11.2. The molecule has 2 amide bonds. The lowest BCUT2D eigenvalue weighted by atomic mass is 9.99. The van der Waals surface area contributed by atoms with E-state index in [0.29, 0.717) is 25.8 Å². The molecule has 3 aliphatic heterocycles. The van der Waals surface area contributed by atoms with Crippen molar-refractivity contribution in [3.05, 3.63) is 23.8 Å². The molecule has 0 spiro atoms. The largest absolute Gasteiger partial charge is 0.486 e. The number of carbonyl (C=O) groups is 1. The topological polar surface area (TPSA) is 54.0 Å². The van der Waals surface area contributed by atoms with Gasteiger partial charge in [0.1, 0.15) is 13.2 Å². The Hall–Kier alpha value is -1.95. The van der Waals surface area contributed by atoms with Crippen LogP contribution in [-0.4, -0.2) is 61.3 Å². The molecule has 1 N–H and O–H groups in total. The minimum Gasteiger partial charge on any atom is -0.486 e. The number of carbonyl (C=O) groups excluding carboxylic acids is 1. The molecule has 1 aromatic carbocycles. The number of piperidine rings is 1. The molecule has 0 aromatic heterocycles. The van der Waals surface area contributed by atoms with E-state index < -0.39 is 0 Å². The van der Waals surface area contributed by atoms with E-state index >= 15 is 0 Å². The molecular formula is C19H27N3O3. The van der Waals surface area contributed by atoms with Crippen LogP contribution in [0.25, 0.3) is 0 Å². The van der Waals surface area contributed by atoms with Crippen molar-refractivity contribution in [2.45, 2.75) is 44.3 Å². The van der Waals surface area contributed by atoms with E-state index in [1.807, 2.05) is 25.2 Å². The second kappa shape index (κ2) is 7.12. The fourth-order valence-electron chi connectivity index (χ4n) is 4.22. The second-order valence-corrected chi connectivity index (χ2v) is 7.28. The molecule has 3 aliphatic rings. The number of ether oxygens (including phenoxy) is 2. The summed E-state index contributed by atoms with van der Waals surface area (Å²) in [6, 6.07) is 6.71. The van der Waals surface area contributed by atoms with E-state index in [1.165, 1.54) is 25.8 Å². The molecule has 25 heavy (non-hydrogen) atoms. The molecule has 2 fully saturated rings. The normalized spacial score (nSPS) is 25.3. The van der Waals surface area contributed by atoms with Crippen LogP contribution < -0.4 is 14.8 Å². The molecule has 0 bridgehead atoms. The van der Waals surface area contributed by atoms with Crippen molar-refractivity contribution in [3.63, 3.8) is 0 Å². The molecule has 1 aromatic rings. The summed E-state index contributed by atoms with van der Waals surface area (Å²) in [5.41, 5.74) is 1.05. The molecule has 3 heterocycles. The monoisotopic (exact) mass is 345 g/mol. The van der Waals surface area contributed by atoms with Crippen LogP contribution in [0.5, 0.6) is 11.5 Å². The number of urea groups is 1. The molecule has 2 unspecified atom stereocenters. The zero-order valence-electron chi connectivity index (χ0n) is 14.9. The second-order valence-electron chi connectivity index (χ2n) is 7.28. The standard InChI is InChI=1S/C19H27N3O3/c1-21(13-14-5-6-17-18(12-14)25-11-10-24-17)19(23)20-15-7-9-22-8-3-2-4-16(15)22/h5-6,12,15-16H,2-4,7-11,13H2,1H3,(H,20,23). The molecule has 2 atom stereocenters. The molecule has 4 rings (SSSR count). The Kier molecular flexibility index (Phi) is 4.70. The maximum atomic E-state index is 12.6. The molecule has 0 radical (unpaired) electrons. The summed E-state index contributed by atoms with van der Waals surface area (Å²) in [5.74, 6) is 1.55. The van der Waals surface area contributed by atoms with Crippen molar-refractivity contribution >= 4 is 6.03 Å². The quantitative estimate of drug-likeness (QED) is 0.913. The average molecular weight is 345 g/mol. The number of rotatable bonds is 3. The lowest BCUT2D eigenvalue weighted by molar-refractivity contribution is 0.169. The van der Waals surface area contributed by atoms with Gasteiger partial charge in [-0.3, -0.25) is 4.90 Å². The third kappa shape index (κ3) is 3.54. The average Bonchev–Trinajstić information content (AvgIpc) is 3.04. The highest BCUT2D eigenvalue weighted by molar-refractivity contribution is 5.74. The fraction of sp³-hybridized carbons (Fsp3) is 0.632. The van der Waals surface area contributed by atoms with Crippen molar-refractivity contribution in [1.82, 2.24) is 15.1 Å². The zero-order chi connectivity index (χ0) is 17.2. The van der Waals surface area contributed by atoms with Crippen LogP contribution in [0.3, 0.4) is 0 Å². The highest BCUT2D eigenvalue weighted by Crippen LogP contribution is 2.31. The number of hydrogen-bond acceptors (Lipinski definition) is 4. The minimum atomic E-state index is 0.00677. The van der Waals surface area contributed by atoms with Crippen molar-refractivity contribution in [2.24, 2.45) is 0 Å². The van der Waals surface area contributed by atoms with Gasteiger partial charge >= 0.3 is 6.03 Å². The van der Waals surface area contributed by atoms with Gasteiger partial charge in [0.25, 0.3) is 0 Å². The van der Waals surface area contributed by atoms with E-state index in [4.69, 9.17) is 9.47 Å². The zero-order valence-corrected chi connectivity index (χ0v) is 14.9. The maximum absolute atomic E-state index is 12.6. The lowest BCUT2D eigenvalue weighted by Gasteiger charge is -2.33. The first-order chi connectivity index (χ1) is 12.2. The van der Waals surface area contributed by atoms with Gasteiger partial charge in [0.15, 0.2) is 11.5 Å². The predicted octanol–water partition coefficient (Wildman–Crippen LogP) is 2.23. The first-order valence-electron chi connectivity index (χ1n) is 9.35. The summed E-state index contributed by atoms with van der Waals surface area (Å²) in [6.07, 6.45) is 4.84. The summed E-state index contributed by atoms with van der Waals surface area (Å²) in [4.78, 5) is 16.9. The Morgan fingerprint density at radius 3 is 2.92 bits per heavy atom. The van der Waals surface area contributed by atoms with Crippen molar-refractivity contribution in [2.75, 3.05) is 33.4 Å². The van der Waals surface area contributed by atoms with E-state index in [9.17, 15) is 4.79 Å². The summed E-state index contributed by atoms with van der Waals surface area (Å²) in [7, 11) is 1.85. The first-order valence-corrected chi connectivity index (χ1v) is 9.35. The number of benzene rings is 1. The van der Waals surface area contributed by atoms with Gasteiger partial charge in [-0.1, -0.05) is 12.5 Å². The van der Waals surface area contributed by atoms with E-state index in [1.54, 1.807) is 4.90 Å². The highest BCUT2D eigenvalue weighted by atomic mass is 16.6. The lowest BCUT2D eigenvalue weighted by Crippen LogP contribution is -2.49. The van der Waals surface area contributed by atoms with Crippen LogP contribution in [0, 0.1) is 0 Å². The first kappa shape index (κ1) is 16.5. The summed E-state index contributed by atoms with van der Waals surface area (Å²) >= 11 is 0. The van der Waals surface area contributed by atoms with Gasteiger partial charge in [-0.05, 0) is 43.5 Å². The number of nitrogens with one attached hydrogen (secondary N) is 1. The smallest absolute Gasteiger partial charge is 0.317 e. The summed E-state index contributed by atoms with van der Waals surface area (Å²) in [5, 5.41) is 3.25. The molecule has 2 saturated heterocycles. The van der Waals surface area contributed by atoms with Gasteiger partial charge in [0.05, 0.1) is 0 Å². The fourth-order valence-corrected chi connectivity index (χ4v) is 4.22. The Labute approximate surface area is 149 Å². The van der Waals surface area contributed by atoms with E-state index in [-0.39, 0.29) is 12.1 Å². The number of hydrogen-bond donors (Lipinski definition) is 1. The van der Waals surface area contributed by atoms with Crippen LogP contribution in [0.4, 0.5) is 4.79 Å². The molecule has 0 aliphatic carbocycles. The third-order valence-electron chi connectivity index (χ3n) is 5.54. The Balaban J connectivity index is 1.34.